The normalized spacial score (nSPS) is 10.6. The Bertz CT molecular complexity index is 1190. The fraction of sp³-hybridized carbons (Fsp3) is 0.111. The van der Waals surface area contributed by atoms with Gasteiger partial charge in [-0.1, -0.05) is 18.2 Å². The van der Waals surface area contributed by atoms with E-state index in [0.717, 1.165) is 0 Å². The Hall–Kier alpha value is -4.06. The quantitative estimate of drug-likeness (QED) is 0.353. The standard InChI is InChI=1S/C18H13N3O8S/c1-2-29-18(24)13-12-10(20(25)26)8-11(21(27)28)14(22)15(12)30-17(13)19-16(23)9-6-4-3-5-7-9/h3-8,22H,2H2,1H3,(H,19,23)/p-1. The number of thiophene rings is 1. The van der Waals surface area contributed by atoms with Crippen molar-refractivity contribution in [2.75, 3.05) is 11.9 Å². The summed E-state index contributed by atoms with van der Waals surface area (Å²) in [6, 6.07) is 8.40. The summed E-state index contributed by atoms with van der Waals surface area (Å²) in [6.45, 7) is 1.43. The van der Waals surface area contributed by atoms with Crippen LogP contribution in [0.25, 0.3) is 10.1 Å². The van der Waals surface area contributed by atoms with Gasteiger partial charge in [-0.25, -0.2) is 4.79 Å². The van der Waals surface area contributed by atoms with Crippen LogP contribution in [0.4, 0.5) is 16.4 Å². The van der Waals surface area contributed by atoms with E-state index in [-0.39, 0.29) is 17.2 Å². The minimum atomic E-state index is -1.10. The maximum absolute atomic E-state index is 12.5. The molecule has 1 N–H and O–H groups in total. The summed E-state index contributed by atoms with van der Waals surface area (Å²) in [7, 11) is 0. The van der Waals surface area contributed by atoms with Crippen molar-refractivity contribution in [1.29, 1.82) is 0 Å². The van der Waals surface area contributed by atoms with Gasteiger partial charge in [0.15, 0.2) is 0 Å². The van der Waals surface area contributed by atoms with Crippen molar-refractivity contribution in [2.45, 2.75) is 6.92 Å². The van der Waals surface area contributed by atoms with Crippen LogP contribution >= 0.6 is 11.3 Å². The van der Waals surface area contributed by atoms with E-state index in [4.69, 9.17) is 4.74 Å². The molecule has 30 heavy (non-hydrogen) atoms. The highest BCUT2D eigenvalue weighted by atomic mass is 32.1. The molecule has 0 radical (unpaired) electrons. The number of nitro benzene ring substituents is 2. The number of anilines is 1. The molecule has 0 aliphatic heterocycles. The molecular formula is C18H12N3O8S-. The number of fused-ring (bicyclic) bond motifs is 1. The van der Waals surface area contributed by atoms with E-state index in [1.807, 2.05) is 0 Å². The second kappa shape index (κ2) is 8.13. The van der Waals surface area contributed by atoms with Gasteiger partial charge in [0.25, 0.3) is 17.3 Å². The van der Waals surface area contributed by atoms with E-state index >= 15 is 0 Å². The van der Waals surface area contributed by atoms with E-state index in [9.17, 15) is 34.9 Å². The number of esters is 1. The Morgan fingerprint density at radius 1 is 1.10 bits per heavy atom. The van der Waals surface area contributed by atoms with Gasteiger partial charge in [0.05, 0.1) is 27.9 Å². The number of non-ortho nitro benzene ring substituents is 1. The van der Waals surface area contributed by atoms with Gasteiger partial charge in [0.1, 0.15) is 10.6 Å². The molecule has 1 heterocycles. The molecule has 0 saturated carbocycles. The maximum atomic E-state index is 12.5. The SMILES string of the molecule is CCOC(=O)c1c(NC(=O)c2ccccc2)sc2c([O-])c([N+](=O)[O-])cc([N+](=O)[O-])c12. The summed E-state index contributed by atoms with van der Waals surface area (Å²) in [6.07, 6.45) is 0. The van der Waals surface area contributed by atoms with Gasteiger partial charge in [-0.2, -0.15) is 0 Å². The number of carbonyl (C=O) groups excluding carboxylic acids is 2. The number of ether oxygens (including phenoxy) is 1. The topological polar surface area (TPSA) is 165 Å². The van der Waals surface area contributed by atoms with Gasteiger partial charge < -0.3 is 15.2 Å². The minimum Gasteiger partial charge on any atom is -0.867 e. The van der Waals surface area contributed by atoms with Gasteiger partial charge in [0, 0.05) is 10.3 Å². The van der Waals surface area contributed by atoms with Crippen LogP contribution in [0.1, 0.15) is 27.6 Å². The summed E-state index contributed by atoms with van der Waals surface area (Å²) in [5.74, 6) is -2.75. The monoisotopic (exact) mass is 430 g/mol. The highest BCUT2D eigenvalue weighted by molar-refractivity contribution is 7.24. The van der Waals surface area contributed by atoms with Crippen molar-refractivity contribution in [1.82, 2.24) is 0 Å². The smallest absolute Gasteiger partial charge is 0.342 e. The number of hydrogen-bond acceptors (Lipinski definition) is 9. The summed E-state index contributed by atoms with van der Waals surface area (Å²) in [4.78, 5) is 45.8. The van der Waals surface area contributed by atoms with Crippen LogP contribution in [0.15, 0.2) is 36.4 Å². The molecule has 0 saturated heterocycles. The lowest BCUT2D eigenvalue weighted by Crippen LogP contribution is -2.14. The van der Waals surface area contributed by atoms with Crippen molar-refractivity contribution in [3.8, 4) is 5.75 Å². The third-order valence-electron chi connectivity index (χ3n) is 4.01. The van der Waals surface area contributed by atoms with E-state index in [2.05, 4.69) is 5.32 Å². The van der Waals surface area contributed by atoms with Crippen LogP contribution in [0.3, 0.4) is 0 Å². The zero-order valence-corrected chi connectivity index (χ0v) is 16.1. The maximum Gasteiger partial charge on any atom is 0.342 e. The van der Waals surface area contributed by atoms with Gasteiger partial charge >= 0.3 is 5.97 Å². The molecule has 0 aliphatic rings. The van der Waals surface area contributed by atoms with Crippen molar-refractivity contribution < 1.29 is 29.3 Å². The first-order valence-corrected chi connectivity index (χ1v) is 9.20. The van der Waals surface area contributed by atoms with Crippen molar-refractivity contribution >= 4 is 49.7 Å². The zero-order chi connectivity index (χ0) is 22.0. The molecule has 0 atom stereocenters. The van der Waals surface area contributed by atoms with Crippen LogP contribution in [-0.4, -0.2) is 28.3 Å². The second-order valence-electron chi connectivity index (χ2n) is 5.81. The van der Waals surface area contributed by atoms with Crippen molar-refractivity contribution in [3.63, 3.8) is 0 Å². The zero-order valence-electron chi connectivity index (χ0n) is 15.2. The Labute approximate surface area is 171 Å². The molecule has 12 heteroatoms. The lowest BCUT2D eigenvalue weighted by molar-refractivity contribution is -0.402. The summed E-state index contributed by atoms with van der Waals surface area (Å²) in [5.41, 5.74) is -1.99. The fourth-order valence-electron chi connectivity index (χ4n) is 2.75. The predicted molar refractivity (Wildman–Crippen MR) is 105 cm³/mol. The van der Waals surface area contributed by atoms with Crippen LogP contribution in [0, 0.1) is 20.2 Å². The van der Waals surface area contributed by atoms with Gasteiger partial charge in [0.2, 0.25) is 0 Å². The average Bonchev–Trinajstić information content (AvgIpc) is 3.08. The molecule has 1 amide bonds. The molecule has 3 rings (SSSR count). The first-order valence-electron chi connectivity index (χ1n) is 8.39. The number of nitrogens with one attached hydrogen (secondary N) is 1. The Kier molecular flexibility index (Phi) is 5.60. The summed E-state index contributed by atoms with van der Waals surface area (Å²) in [5, 5.41) is 37.1. The van der Waals surface area contributed by atoms with Crippen molar-refractivity contribution in [2.24, 2.45) is 0 Å². The molecule has 0 unspecified atom stereocenters. The van der Waals surface area contributed by atoms with Gasteiger partial charge in [-0.3, -0.25) is 25.0 Å². The van der Waals surface area contributed by atoms with E-state index in [1.165, 1.54) is 19.1 Å². The number of nitrogens with zero attached hydrogens (tertiary/aromatic N) is 2. The summed E-state index contributed by atoms with van der Waals surface area (Å²) < 4.78 is 4.53. The first kappa shape index (κ1) is 20.7. The lowest BCUT2D eigenvalue weighted by atomic mass is 10.1. The highest BCUT2D eigenvalue weighted by Gasteiger charge is 2.31. The number of rotatable bonds is 6. The van der Waals surface area contributed by atoms with E-state index in [0.29, 0.717) is 17.4 Å². The first-order chi connectivity index (χ1) is 14.3. The van der Waals surface area contributed by atoms with Gasteiger partial charge in [-0.15, -0.1) is 11.3 Å². The predicted octanol–water partition coefficient (Wildman–Crippen LogP) is 3.22. The van der Waals surface area contributed by atoms with Crippen LogP contribution in [0.5, 0.6) is 5.75 Å². The Balaban J connectivity index is 2.29. The summed E-state index contributed by atoms with van der Waals surface area (Å²) >= 11 is 0.537. The third-order valence-corrected chi connectivity index (χ3v) is 5.12. The Morgan fingerprint density at radius 3 is 2.30 bits per heavy atom. The van der Waals surface area contributed by atoms with E-state index in [1.54, 1.807) is 18.2 Å². The molecule has 3 aromatic rings. The average molecular weight is 430 g/mol. The lowest BCUT2D eigenvalue weighted by Gasteiger charge is -2.09. The van der Waals surface area contributed by atoms with Crippen LogP contribution < -0.4 is 10.4 Å². The number of benzene rings is 2. The molecule has 1 aromatic heterocycles. The molecule has 0 spiro atoms. The largest absolute Gasteiger partial charge is 0.867 e. The van der Waals surface area contributed by atoms with Crippen molar-refractivity contribution in [3.05, 3.63) is 67.8 Å². The number of hydrogen-bond donors (Lipinski definition) is 1. The number of nitro groups is 2. The molecule has 0 bridgehead atoms. The highest BCUT2D eigenvalue weighted by Crippen LogP contribution is 2.48. The molecule has 0 fully saturated rings. The molecule has 2 aromatic carbocycles. The van der Waals surface area contributed by atoms with E-state index < -0.39 is 54.5 Å². The molecular weight excluding hydrogens is 418 g/mol. The number of amides is 1. The third kappa shape index (κ3) is 3.63. The minimum absolute atomic E-state index is 0.0761. The number of carbonyl (C=O) groups is 2. The fourth-order valence-corrected chi connectivity index (χ4v) is 3.89. The van der Waals surface area contributed by atoms with Gasteiger partial charge in [-0.05, 0) is 24.8 Å². The molecule has 154 valence electrons. The molecule has 11 nitrogen and oxygen atoms in total. The van der Waals surface area contributed by atoms with Crippen LogP contribution in [0.2, 0.25) is 0 Å². The Morgan fingerprint density at radius 2 is 1.73 bits per heavy atom. The molecule has 0 aliphatic carbocycles. The second-order valence-corrected chi connectivity index (χ2v) is 6.83. The van der Waals surface area contributed by atoms with Crippen LogP contribution in [-0.2, 0) is 4.74 Å².